The number of aryl methyl sites for hydroxylation is 1. The first-order chi connectivity index (χ1) is 11.3. The van der Waals surface area contributed by atoms with Gasteiger partial charge >= 0.3 is 0 Å². The molecule has 0 atom stereocenters. The van der Waals surface area contributed by atoms with Gasteiger partial charge in [-0.15, -0.1) is 0 Å². The third-order valence-electron chi connectivity index (χ3n) is 4.41. The molecule has 4 rings (SSSR count). The van der Waals surface area contributed by atoms with Crippen LogP contribution in [-0.2, 0) is 19.6 Å². The van der Waals surface area contributed by atoms with Gasteiger partial charge in [0.25, 0.3) is 0 Å². The molecule has 0 saturated heterocycles. The van der Waals surface area contributed by atoms with Crippen molar-refractivity contribution in [2.24, 2.45) is 0 Å². The van der Waals surface area contributed by atoms with E-state index in [0.29, 0.717) is 0 Å². The first kappa shape index (κ1) is 14.2. The van der Waals surface area contributed by atoms with Crippen molar-refractivity contribution in [1.82, 2.24) is 19.4 Å². The van der Waals surface area contributed by atoms with E-state index in [1.807, 2.05) is 18.6 Å². The highest BCUT2D eigenvalue weighted by molar-refractivity contribution is 5.60. The topological polar surface area (TPSA) is 34.0 Å². The van der Waals surface area contributed by atoms with Crippen molar-refractivity contribution in [1.29, 1.82) is 0 Å². The van der Waals surface area contributed by atoms with Crippen LogP contribution < -0.4 is 0 Å². The minimum Gasteiger partial charge on any atom is -0.326 e. The van der Waals surface area contributed by atoms with E-state index in [1.54, 1.807) is 0 Å². The third kappa shape index (κ3) is 2.90. The largest absolute Gasteiger partial charge is 0.326 e. The highest BCUT2D eigenvalue weighted by Crippen LogP contribution is 2.25. The molecule has 1 aliphatic heterocycles. The summed E-state index contributed by atoms with van der Waals surface area (Å²) in [5.41, 5.74) is 5.07. The van der Waals surface area contributed by atoms with E-state index in [0.717, 1.165) is 32.0 Å². The number of nitrogens with zero attached hydrogens (tertiary/aromatic N) is 4. The van der Waals surface area contributed by atoms with E-state index in [-0.39, 0.29) is 0 Å². The summed E-state index contributed by atoms with van der Waals surface area (Å²) in [5.74, 6) is 1.15. The summed E-state index contributed by atoms with van der Waals surface area (Å²) >= 11 is 0. The SMILES string of the molecule is Cc1cccc(-c2cnc3n2CCN(Cc2ccncc2)C3)c1. The molecule has 0 aliphatic carbocycles. The molecule has 1 aliphatic rings. The van der Waals surface area contributed by atoms with Gasteiger partial charge in [0.15, 0.2) is 0 Å². The summed E-state index contributed by atoms with van der Waals surface area (Å²) in [7, 11) is 0. The maximum absolute atomic E-state index is 4.66. The van der Waals surface area contributed by atoms with Crippen LogP contribution in [0.15, 0.2) is 55.0 Å². The summed E-state index contributed by atoms with van der Waals surface area (Å²) in [6.45, 7) is 6.02. The van der Waals surface area contributed by atoms with E-state index in [9.17, 15) is 0 Å². The fraction of sp³-hybridized carbons (Fsp3) is 0.263. The van der Waals surface area contributed by atoms with E-state index in [1.165, 1.54) is 22.4 Å². The summed E-state index contributed by atoms with van der Waals surface area (Å²) < 4.78 is 2.36. The molecule has 3 aromatic rings. The van der Waals surface area contributed by atoms with Crippen molar-refractivity contribution in [2.45, 2.75) is 26.6 Å². The van der Waals surface area contributed by atoms with Crippen LogP contribution in [0.25, 0.3) is 11.3 Å². The molecule has 4 nitrogen and oxygen atoms in total. The van der Waals surface area contributed by atoms with Gasteiger partial charge in [-0.1, -0.05) is 23.8 Å². The molecule has 0 N–H and O–H groups in total. The molecule has 0 spiro atoms. The van der Waals surface area contributed by atoms with Crippen LogP contribution in [0.3, 0.4) is 0 Å². The molecule has 0 amide bonds. The fourth-order valence-electron chi connectivity index (χ4n) is 3.23. The highest BCUT2D eigenvalue weighted by Gasteiger charge is 2.20. The molecule has 0 saturated carbocycles. The Kier molecular flexibility index (Phi) is 3.67. The van der Waals surface area contributed by atoms with Crippen molar-refractivity contribution >= 4 is 0 Å². The Morgan fingerprint density at radius 1 is 1.09 bits per heavy atom. The van der Waals surface area contributed by atoms with Gasteiger partial charge in [-0.2, -0.15) is 0 Å². The molecule has 0 radical (unpaired) electrons. The van der Waals surface area contributed by atoms with Crippen molar-refractivity contribution in [3.63, 3.8) is 0 Å². The maximum atomic E-state index is 4.66. The zero-order valence-electron chi connectivity index (χ0n) is 13.3. The lowest BCUT2D eigenvalue weighted by Crippen LogP contribution is -2.33. The van der Waals surface area contributed by atoms with E-state index < -0.39 is 0 Å². The van der Waals surface area contributed by atoms with Gasteiger partial charge in [0.05, 0.1) is 18.4 Å². The summed E-state index contributed by atoms with van der Waals surface area (Å²) in [4.78, 5) is 11.2. The molecule has 2 aromatic heterocycles. The summed E-state index contributed by atoms with van der Waals surface area (Å²) in [6.07, 6.45) is 5.73. The number of benzene rings is 1. The van der Waals surface area contributed by atoms with E-state index in [4.69, 9.17) is 0 Å². The predicted molar refractivity (Wildman–Crippen MR) is 90.8 cm³/mol. The Morgan fingerprint density at radius 3 is 2.78 bits per heavy atom. The molecule has 0 fully saturated rings. The first-order valence-corrected chi connectivity index (χ1v) is 8.02. The second kappa shape index (κ2) is 5.97. The van der Waals surface area contributed by atoms with Crippen LogP contribution in [0.5, 0.6) is 0 Å². The molecule has 1 aromatic carbocycles. The van der Waals surface area contributed by atoms with Crippen LogP contribution in [0, 0.1) is 6.92 Å². The molecular weight excluding hydrogens is 284 g/mol. The second-order valence-corrected chi connectivity index (χ2v) is 6.15. The Bertz CT molecular complexity index is 807. The van der Waals surface area contributed by atoms with Crippen LogP contribution in [-0.4, -0.2) is 26.0 Å². The molecule has 23 heavy (non-hydrogen) atoms. The Hall–Kier alpha value is -2.46. The Morgan fingerprint density at radius 2 is 1.96 bits per heavy atom. The van der Waals surface area contributed by atoms with Gasteiger partial charge < -0.3 is 4.57 Å². The Balaban J connectivity index is 1.55. The minimum atomic E-state index is 0.897. The quantitative estimate of drug-likeness (QED) is 0.745. The number of imidazole rings is 1. The lowest BCUT2D eigenvalue weighted by molar-refractivity contribution is 0.209. The molecule has 4 heteroatoms. The highest BCUT2D eigenvalue weighted by atomic mass is 15.2. The van der Waals surface area contributed by atoms with Crippen molar-refractivity contribution < 1.29 is 0 Å². The average Bonchev–Trinajstić information content (AvgIpc) is 2.99. The molecular formula is C19H20N4. The molecule has 3 heterocycles. The van der Waals surface area contributed by atoms with Crippen LogP contribution >= 0.6 is 0 Å². The standard InChI is InChI=1S/C19H20N4/c1-15-3-2-4-17(11-15)18-12-21-19-14-22(9-10-23(18)19)13-16-5-7-20-8-6-16/h2-8,11-12H,9-10,13-14H2,1H3. The maximum Gasteiger partial charge on any atom is 0.123 e. The zero-order chi connectivity index (χ0) is 15.6. The van der Waals surface area contributed by atoms with Gasteiger partial charge in [0, 0.05) is 37.6 Å². The normalized spacial score (nSPS) is 14.7. The molecule has 0 bridgehead atoms. The van der Waals surface area contributed by atoms with E-state index in [2.05, 4.69) is 62.8 Å². The molecule has 0 unspecified atom stereocenters. The second-order valence-electron chi connectivity index (χ2n) is 6.15. The van der Waals surface area contributed by atoms with E-state index >= 15 is 0 Å². The summed E-state index contributed by atoms with van der Waals surface area (Å²) in [5, 5.41) is 0. The minimum absolute atomic E-state index is 0.897. The number of hydrogen-bond donors (Lipinski definition) is 0. The first-order valence-electron chi connectivity index (χ1n) is 8.02. The fourth-order valence-corrected chi connectivity index (χ4v) is 3.23. The summed E-state index contributed by atoms with van der Waals surface area (Å²) in [6, 6.07) is 12.8. The predicted octanol–water partition coefficient (Wildman–Crippen LogP) is 3.27. The van der Waals surface area contributed by atoms with Crippen molar-refractivity contribution in [3.05, 3.63) is 71.9 Å². The van der Waals surface area contributed by atoms with Gasteiger partial charge in [-0.25, -0.2) is 4.98 Å². The number of hydrogen-bond acceptors (Lipinski definition) is 3. The van der Waals surface area contributed by atoms with Crippen LogP contribution in [0.1, 0.15) is 17.0 Å². The van der Waals surface area contributed by atoms with Gasteiger partial charge in [0.2, 0.25) is 0 Å². The number of rotatable bonds is 3. The van der Waals surface area contributed by atoms with Crippen molar-refractivity contribution in [3.8, 4) is 11.3 Å². The van der Waals surface area contributed by atoms with Gasteiger partial charge in [-0.05, 0) is 30.7 Å². The monoisotopic (exact) mass is 304 g/mol. The number of pyridine rings is 1. The van der Waals surface area contributed by atoms with Gasteiger partial charge in [-0.3, -0.25) is 9.88 Å². The van der Waals surface area contributed by atoms with Crippen molar-refractivity contribution in [2.75, 3.05) is 6.54 Å². The van der Waals surface area contributed by atoms with Crippen LogP contribution in [0.2, 0.25) is 0 Å². The van der Waals surface area contributed by atoms with Gasteiger partial charge in [0.1, 0.15) is 5.82 Å². The smallest absolute Gasteiger partial charge is 0.123 e. The Labute approximate surface area is 136 Å². The number of fused-ring (bicyclic) bond motifs is 1. The van der Waals surface area contributed by atoms with Crippen LogP contribution in [0.4, 0.5) is 0 Å². The molecule has 116 valence electrons. The third-order valence-corrected chi connectivity index (χ3v) is 4.41. The number of aromatic nitrogens is 3. The lowest BCUT2D eigenvalue weighted by atomic mass is 10.1. The zero-order valence-corrected chi connectivity index (χ0v) is 13.3. The average molecular weight is 304 g/mol. The lowest BCUT2D eigenvalue weighted by Gasteiger charge is -2.28.